The van der Waals surface area contributed by atoms with Crippen LogP contribution in [0.25, 0.3) is 0 Å². The Labute approximate surface area is 117 Å². The van der Waals surface area contributed by atoms with Crippen molar-refractivity contribution in [2.75, 3.05) is 13.2 Å². The molecule has 20 heavy (non-hydrogen) atoms. The molecule has 0 fully saturated rings. The molecule has 7 nitrogen and oxygen atoms in total. The number of rotatable bonds is 8. The molecule has 1 aromatic carbocycles. The molecule has 1 N–H and O–H groups in total. The van der Waals surface area contributed by atoms with E-state index >= 15 is 0 Å². The van der Waals surface area contributed by atoms with Gasteiger partial charge in [-0.05, 0) is 19.4 Å². The second-order valence-electron chi connectivity index (χ2n) is 3.93. The molecule has 0 saturated heterocycles. The second kappa shape index (κ2) is 7.50. The lowest BCUT2D eigenvalue weighted by Gasteiger charge is -2.23. The van der Waals surface area contributed by atoms with Crippen molar-refractivity contribution in [3.05, 3.63) is 46.0 Å². The predicted molar refractivity (Wildman–Crippen MR) is 73.0 cm³/mol. The molecule has 0 spiro atoms. The highest BCUT2D eigenvalue weighted by molar-refractivity contribution is 7.54. The first-order valence-corrected chi connectivity index (χ1v) is 7.82. The summed E-state index contributed by atoms with van der Waals surface area (Å²) in [6.45, 7) is 3.08. The van der Waals surface area contributed by atoms with Gasteiger partial charge in [-0.1, -0.05) is 30.3 Å². The number of aliphatic hydroxyl groups is 1. The average molecular weight is 303 g/mol. The van der Waals surface area contributed by atoms with Gasteiger partial charge in [-0.15, -0.1) is 0 Å². The van der Waals surface area contributed by atoms with E-state index in [1.54, 1.807) is 32.0 Å². The van der Waals surface area contributed by atoms with E-state index < -0.39 is 24.4 Å². The summed E-state index contributed by atoms with van der Waals surface area (Å²) in [5.41, 5.74) is 0.286. The first-order chi connectivity index (χ1) is 9.46. The van der Waals surface area contributed by atoms with Gasteiger partial charge in [0, 0.05) is 4.92 Å². The monoisotopic (exact) mass is 303 g/mol. The molecule has 0 aliphatic carbocycles. The minimum atomic E-state index is -4.06. The van der Waals surface area contributed by atoms with Crippen molar-refractivity contribution in [3.63, 3.8) is 0 Å². The lowest BCUT2D eigenvalue weighted by atomic mass is 10.1. The summed E-state index contributed by atoms with van der Waals surface area (Å²) in [7, 11) is -4.06. The topological polar surface area (TPSA) is 98.9 Å². The highest BCUT2D eigenvalue weighted by Gasteiger charge is 2.51. The highest BCUT2D eigenvalue weighted by atomic mass is 31.2. The van der Waals surface area contributed by atoms with E-state index in [2.05, 4.69) is 0 Å². The molecule has 1 aromatic rings. The van der Waals surface area contributed by atoms with E-state index in [-0.39, 0.29) is 18.8 Å². The van der Waals surface area contributed by atoms with Crippen molar-refractivity contribution >= 4 is 7.60 Å². The first-order valence-electron chi connectivity index (χ1n) is 6.21. The Hall–Kier alpha value is -1.27. The Balaban J connectivity index is 3.15. The minimum absolute atomic E-state index is 0.0108. The fourth-order valence-electron chi connectivity index (χ4n) is 1.78. The van der Waals surface area contributed by atoms with E-state index in [0.717, 1.165) is 0 Å². The minimum Gasteiger partial charge on any atom is -0.380 e. The lowest BCUT2D eigenvalue weighted by molar-refractivity contribution is -0.513. The van der Waals surface area contributed by atoms with Crippen molar-refractivity contribution in [1.29, 1.82) is 0 Å². The van der Waals surface area contributed by atoms with Crippen LogP contribution in [0.2, 0.25) is 0 Å². The SMILES string of the molecule is CCOP(=O)(OCC)C(C(O)c1ccccc1)[N+](=O)[O-]. The van der Waals surface area contributed by atoms with Gasteiger partial charge in [0.15, 0.2) is 6.10 Å². The van der Waals surface area contributed by atoms with Crippen LogP contribution in [0.1, 0.15) is 25.5 Å². The Morgan fingerprint density at radius 3 is 2.15 bits per heavy atom. The molecule has 0 bridgehead atoms. The number of nitrogens with zero attached hydrogens (tertiary/aromatic N) is 1. The summed E-state index contributed by atoms with van der Waals surface area (Å²) >= 11 is 0. The fourth-order valence-corrected chi connectivity index (χ4v) is 3.62. The van der Waals surface area contributed by atoms with Crippen LogP contribution < -0.4 is 0 Å². The molecule has 0 radical (unpaired) electrons. The van der Waals surface area contributed by atoms with Crippen molar-refractivity contribution < 1.29 is 23.6 Å². The number of hydrogen-bond donors (Lipinski definition) is 1. The summed E-state index contributed by atoms with van der Waals surface area (Å²) in [5.74, 6) is -1.86. The molecular formula is C12H18NO6P. The van der Waals surface area contributed by atoms with Gasteiger partial charge in [-0.2, -0.15) is 0 Å². The summed E-state index contributed by atoms with van der Waals surface area (Å²) in [6.07, 6.45) is -1.57. The predicted octanol–water partition coefficient (Wildman–Crippen LogP) is 2.59. The maximum absolute atomic E-state index is 12.5. The molecule has 1 rings (SSSR count). The maximum atomic E-state index is 12.5. The number of aliphatic hydroxyl groups excluding tert-OH is 1. The zero-order chi connectivity index (χ0) is 15.2. The Bertz CT molecular complexity index is 470. The van der Waals surface area contributed by atoms with Gasteiger partial charge < -0.3 is 14.2 Å². The molecule has 2 atom stereocenters. The van der Waals surface area contributed by atoms with E-state index in [1.807, 2.05) is 0 Å². The van der Waals surface area contributed by atoms with Crippen LogP contribution in [-0.4, -0.2) is 29.0 Å². The molecule has 0 heterocycles. The van der Waals surface area contributed by atoms with Crippen molar-refractivity contribution in [2.45, 2.75) is 25.7 Å². The second-order valence-corrected chi connectivity index (χ2v) is 6.06. The third-order valence-electron chi connectivity index (χ3n) is 2.58. The van der Waals surface area contributed by atoms with Gasteiger partial charge in [0.1, 0.15) is 0 Å². The number of benzene rings is 1. The van der Waals surface area contributed by atoms with Gasteiger partial charge in [-0.25, -0.2) is 0 Å². The number of nitro groups is 1. The van der Waals surface area contributed by atoms with Crippen LogP contribution in [0.4, 0.5) is 0 Å². The molecular weight excluding hydrogens is 285 g/mol. The molecule has 8 heteroatoms. The van der Waals surface area contributed by atoms with Gasteiger partial charge in [0.25, 0.3) is 0 Å². The van der Waals surface area contributed by atoms with Gasteiger partial charge in [-0.3, -0.25) is 14.7 Å². The molecule has 0 aromatic heterocycles. The molecule has 0 aliphatic heterocycles. The lowest BCUT2D eigenvalue weighted by Crippen LogP contribution is -2.29. The van der Waals surface area contributed by atoms with Crippen LogP contribution in [0, 0.1) is 10.1 Å². The Morgan fingerprint density at radius 2 is 1.75 bits per heavy atom. The molecule has 112 valence electrons. The first kappa shape index (κ1) is 16.8. The molecule has 0 aliphatic rings. The summed E-state index contributed by atoms with van der Waals surface area (Å²) in [4.78, 5) is 10.4. The average Bonchev–Trinajstić information content (AvgIpc) is 2.39. The van der Waals surface area contributed by atoms with Crippen molar-refractivity contribution in [1.82, 2.24) is 0 Å². The summed E-state index contributed by atoms with van der Waals surface area (Å²) in [6, 6.07) is 8.00. The van der Waals surface area contributed by atoms with E-state index in [0.29, 0.717) is 0 Å². The smallest absolute Gasteiger partial charge is 0.380 e. The molecule has 0 amide bonds. The highest BCUT2D eigenvalue weighted by Crippen LogP contribution is 2.56. The Morgan fingerprint density at radius 1 is 1.25 bits per heavy atom. The quantitative estimate of drug-likeness (QED) is 0.450. The molecule has 2 unspecified atom stereocenters. The largest absolute Gasteiger partial charge is 0.407 e. The van der Waals surface area contributed by atoms with Crippen LogP contribution >= 0.6 is 7.60 Å². The zero-order valence-corrected chi connectivity index (χ0v) is 12.2. The van der Waals surface area contributed by atoms with E-state index in [4.69, 9.17) is 9.05 Å². The van der Waals surface area contributed by atoms with Crippen LogP contribution in [0.15, 0.2) is 30.3 Å². The van der Waals surface area contributed by atoms with Crippen molar-refractivity contribution in [2.24, 2.45) is 0 Å². The normalized spacial score (nSPS) is 14.8. The van der Waals surface area contributed by atoms with Crippen LogP contribution in [0.3, 0.4) is 0 Å². The van der Waals surface area contributed by atoms with Gasteiger partial charge in [0.05, 0.1) is 13.2 Å². The van der Waals surface area contributed by atoms with E-state index in [1.165, 1.54) is 12.1 Å². The fraction of sp³-hybridized carbons (Fsp3) is 0.500. The zero-order valence-electron chi connectivity index (χ0n) is 11.3. The van der Waals surface area contributed by atoms with Crippen LogP contribution in [0.5, 0.6) is 0 Å². The van der Waals surface area contributed by atoms with Gasteiger partial charge in [0.2, 0.25) is 0 Å². The standard InChI is InChI=1S/C12H18NO6P/c1-3-18-20(17,19-4-2)12(13(15)16)11(14)10-8-6-5-7-9-10/h5-9,11-12,14H,3-4H2,1-2H3. The van der Waals surface area contributed by atoms with Gasteiger partial charge >= 0.3 is 13.4 Å². The molecule has 0 saturated carbocycles. The maximum Gasteiger partial charge on any atom is 0.407 e. The van der Waals surface area contributed by atoms with E-state index in [9.17, 15) is 19.8 Å². The summed E-state index contributed by atoms with van der Waals surface area (Å²) < 4.78 is 22.5. The third-order valence-corrected chi connectivity index (χ3v) is 4.94. The van der Waals surface area contributed by atoms with Crippen LogP contribution in [-0.2, 0) is 13.6 Å². The summed E-state index contributed by atoms with van der Waals surface area (Å²) in [5, 5.41) is 21.4. The Kier molecular flexibility index (Phi) is 6.29. The number of hydrogen-bond acceptors (Lipinski definition) is 6. The van der Waals surface area contributed by atoms with Crippen molar-refractivity contribution in [3.8, 4) is 0 Å². The third kappa shape index (κ3) is 3.86.